The molecule has 3 rings (SSSR count). The van der Waals surface area contributed by atoms with Crippen LogP contribution in [-0.4, -0.2) is 36.6 Å². The predicted octanol–water partition coefficient (Wildman–Crippen LogP) is 0.845. The minimum atomic E-state index is -0.665. The fourth-order valence-corrected chi connectivity index (χ4v) is 3.46. The molecule has 0 radical (unpaired) electrons. The molecule has 5 atom stereocenters. The summed E-state index contributed by atoms with van der Waals surface area (Å²) in [5.41, 5.74) is -0.665. The molecule has 3 heterocycles. The van der Waals surface area contributed by atoms with Crippen LogP contribution in [0.5, 0.6) is 0 Å². The van der Waals surface area contributed by atoms with Crippen molar-refractivity contribution in [3.05, 3.63) is 0 Å². The van der Waals surface area contributed by atoms with Crippen LogP contribution in [0.3, 0.4) is 0 Å². The molecule has 0 aromatic heterocycles. The van der Waals surface area contributed by atoms with E-state index in [4.69, 9.17) is 9.47 Å². The summed E-state index contributed by atoms with van der Waals surface area (Å²) in [6, 6.07) is 2.35. The Kier molecular flexibility index (Phi) is 2.43. The highest BCUT2D eigenvalue weighted by molar-refractivity contribution is 5.16. The van der Waals surface area contributed by atoms with E-state index in [1.807, 2.05) is 0 Å². The van der Waals surface area contributed by atoms with Gasteiger partial charge in [-0.05, 0) is 25.7 Å². The van der Waals surface area contributed by atoms with Crippen LogP contribution in [0.2, 0.25) is 0 Å². The first-order chi connectivity index (χ1) is 7.76. The Hall–Kier alpha value is -0.630. The standard InChI is InChI=1S/C12H17NO3/c13-7-12(5-9-1-2-10(12)16-9)11(14)8-3-4-15-6-8/h8-11,14H,1-6H2. The molecule has 0 aromatic rings. The topological polar surface area (TPSA) is 62.5 Å². The van der Waals surface area contributed by atoms with Gasteiger partial charge in [0, 0.05) is 12.5 Å². The second kappa shape index (κ2) is 3.69. The summed E-state index contributed by atoms with van der Waals surface area (Å²) in [6.07, 6.45) is 3.08. The zero-order chi connectivity index (χ0) is 11.2. The van der Waals surface area contributed by atoms with Gasteiger partial charge in [0.15, 0.2) is 0 Å². The first-order valence-electron chi connectivity index (χ1n) is 6.09. The average Bonchev–Trinajstić information content (AvgIpc) is 3.03. The minimum absolute atomic E-state index is 0.0573. The molecule has 88 valence electrons. The maximum absolute atomic E-state index is 10.4. The van der Waals surface area contributed by atoms with Gasteiger partial charge in [0.25, 0.3) is 0 Å². The van der Waals surface area contributed by atoms with Crippen LogP contribution >= 0.6 is 0 Å². The van der Waals surface area contributed by atoms with E-state index in [9.17, 15) is 10.4 Å². The normalized spacial score (nSPS) is 48.1. The largest absolute Gasteiger partial charge is 0.391 e. The Morgan fingerprint density at radius 2 is 2.25 bits per heavy atom. The number of aliphatic hydroxyl groups excluding tert-OH is 1. The van der Waals surface area contributed by atoms with Crippen LogP contribution in [0.4, 0.5) is 0 Å². The number of aliphatic hydroxyl groups is 1. The summed E-state index contributed by atoms with van der Waals surface area (Å²) in [7, 11) is 0. The summed E-state index contributed by atoms with van der Waals surface area (Å²) >= 11 is 0. The highest BCUT2D eigenvalue weighted by atomic mass is 16.5. The van der Waals surface area contributed by atoms with Gasteiger partial charge >= 0.3 is 0 Å². The molecular formula is C12H17NO3. The Bertz CT molecular complexity index is 321. The molecule has 3 saturated heterocycles. The molecule has 16 heavy (non-hydrogen) atoms. The van der Waals surface area contributed by atoms with Crippen molar-refractivity contribution in [3.8, 4) is 6.07 Å². The van der Waals surface area contributed by atoms with Gasteiger partial charge in [-0.3, -0.25) is 0 Å². The van der Waals surface area contributed by atoms with Crippen molar-refractivity contribution in [2.75, 3.05) is 13.2 Å². The summed E-state index contributed by atoms with van der Waals surface area (Å²) in [5.74, 6) is 0.114. The van der Waals surface area contributed by atoms with E-state index in [-0.39, 0.29) is 18.1 Å². The lowest BCUT2D eigenvalue weighted by atomic mass is 9.67. The molecule has 1 N–H and O–H groups in total. The maximum Gasteiger partial charge on any atom is 0.112 e. The van der Waals surface area contributed by atoms with Gasteiger partial charge in [-0.15, -0.1) is 0 Å². The van der Waals surface area contributed by atoms with Crippen molar-refractivity contribution >= 4 is 0 Å². The van der Waals surface area contributed by atoms with E-state index >= 15 is 0 Å². The van der Waals surface area contributed by atoms with Crippen LogP contribution < -0.4 is 0 Å². The highest BCUT2D eigenvalue weighted by Crippen LogP contribution is 2.51. The molecule has 5 unspecified atom stereocenters. The number of nitriles is 1. The van der Waals surface area contributed by atoms with Crippen molar-refractivity contribution in [2.24, 2.45) is 11.3 Å². The SMILES string of the molecule is N#CC1(C(O)C2CCOC2)CC2CCC1O2. The van der Waals surface area contributed by atoms with E-state index in [2.05, 4.69) is 6.07 Å². The Morgan fingerprint density at radius 1 is 1.38 bits per heavy atom. The van der Waals surface area contributed by atoms with Crippen molar-refractivity contribution in [1.82, 2.24) is 0 Å². The van der Waals surface area contributed by atoms with Crippen molar-refractivity contribution in [2.45, 2.75) is 44.0 Å². The molecule has 2 bridgehead atoms. The second-order valence-corrected chi connectivity index (χ2v) is 5.25. The van der Waals surface area contributed by atoms with Crippen LogP contribution in [0, 0.1) is 22.7 Å². The molecule has 3 fully saturated rings. The highest BCUT2D eigenvalue weighted by Gasteiger charge is 2.58. The monoisotopic (exact) mass is 223 g/mol. The first-order valence-corrected chi connectivity index (χ1v) is 6.09. The molecule has 0 saturated carbocycles. The summed E-state index contributed by atoms with van der Waals surface area (Å²) in [6.45, 7) is 1.29. The van der Waals surface area contributed by atoms with E-state index in [1.54, 1.807) is 0 Å². The van der Waals surface area contributed by atoms with E-state index in [0.29, 0.717) is 19.6 Å². The third kappa shape index (κ3) is 1.32. The number of rotatable bonds is 2. The molecule has 0 aromatic carbocycles. The Labute approximate surface area is 95.2 Å². The molecule has 4 nitrogen and oxygen atoms in total. The third-order valence-electron chi connectivity index (χ3n) is 4.39. The molecule has 3 aliphatic heterocycles. The van der Waals surface area contributed by atoms with Gasteiger partial charge in [0.05, 0.1) is 31.0 Å². The van der Waals surface area contributed by atoms with Crippen LogP contribution in [0.1, 0.15) is 25.7 Å². The Balaban J connectivity index is 1.82. The number of ether oxygens (including phenoxy) is 2. The van der Waals surface area contributed by atoms with E-state index in [1.165, 1.54) is 0 Å². The van der Waals surface area contributed by atoms with Gasteiger partial charge in [-0.1, -0.05) is 0 Å². The van der Waals surface area contributed by atoms with Gasteiger partial charge in [0.1, 0.15) is 5.41 Å². The maximum atomic E-state index is 10.4. The zero-order valence-corrected chi connectivity index (χ0v) is 9.26. The van der Waals surface area contributed by atoms with Crippen LogP contribution in [0.15, 0.2) is 0 Å². The number of hydrogen-bond donors (Lipinski definition) is 1. The molecule has 0 amide bonds. The van der Waals surface area contributed by atoms with Crippen LogP contribution in [-0.2, 0) is 9.47 Å². The van der Waals surface area contributed by atoms with Crippen molar-refractivity contribution < 1.29 is 14.6 Å². The lowest BCUT2D eigenvalue weighted by molar-refractivity contribution is -0.0294. The molecular weight excluding hydrogens is 206 g/mol. The minimum Gasteiger partial charge on any atom is -0.391 e. The number of hydrogen-bond acceptors (Lipinski definition) is 4. The quantitative estimate of drug-likeness (QED) is 0.753. The Morgan fingerprint density at radius 3 is 2.75 bits per heavy atom. The lowest BCUT2D eigenvalue weighted by Gasteiger charge is -2.35. The van der Waals surface area contributed by atoms with Gasteiger partial charge in [-0.2, -0.15) is 5.26 Å². The summed E-state index contributed by atoms with van der Waals surface area (Å²) < 4.78 is 11.0. The smallest absolute Gasteiger partial charge is 0.112 e. The fourth-order valence-electron chi connectivity index (χ4n) is 3.46. The van der Waals surface area contributed by atoms with E-state index in [0.717, 1.165) is 19.3 Å². The molecule has 0 spiro atoms. The fraction of sp³-hybridized carbons (Fsp3) is 0.917. The van der Waals surface area contributed by atoms with E-state index < -0.39 is 11.5 Å². The van der Waals surface area contributed by atoms with Crippen molar-refractivity contribution in [1.29, 1.82) is 5.26 Å². The van der Waals surface area contributed by atoms with Crippen molar-refractivity contribution in [3.63, 3.8) is 0 Å². The van der Waals surface area contributed by atoms with Crippen LogP contribution in [0.25, 0.3) is 0 Å². The summed E-state index contributed by atoms with van der Waals surface area (Å²) in [4.78, 5) is 0. The zero-order valence-electron chi connectivity index (χ0n) is 9.26. The molecule has 3 aliphatic rings. The number of nitrogens with zero attached hydrogens (tertiary/aromatic N) is 1. The first kappa shape index (κ1) is 10.5. The van der Waals surface area contributed by atoms with Gasteiger partial charge < -0.3 is 14.6 Å². The molecule has 0 aliphatic carbocycles. The third-order valence-corrected chi connectivity index (χ3v) is 4.39. The second-order valence-electron chi connectivity index (χ2n) is 5.25. The van der Waals surface area contributed by atoms with Gasteiger partial charge in [-0.25, -0.2) is 0 Å². The predicted molar refractivity (Wildman–Crippen MR) is 55.5 cm³/mol. The molecule has 4 heteroatoms. The van der Waals surface area contributed by atoms with Gasteiger partial charge in [0.2, 0.25) is 0 Å². The number of fused-ring (bicyclic) bond motifs is 2. The summed E-state index contributed by atoms with van der Waals surface area (Å²) in [5, 5.41) is 19.9. The lowest BCUT2D eigenvalue weighted by Crippen LogP contribution is -2.46. The average molecular weight is 223 g/mol.